The second-order valence-corrected chi connectivity index (χ2v) is 24.0. The highest BCUT2D eigenvalue weighted by Gasteiger charge is 2.45. The molecule has 480 valence electrons. The molecule has 2 unspecified atom stereocenters. The summed E-state index contributed by atoms with van der Waals surface area (Å²) in [5, 5.41) is 61.3. The Morgan fingerprint density at radius 2 is 0.951 bits per heavy atom. The summed E-state index contributed by atoms with van der Waals surface area (Å²) in [5.41, 5.74) is 0. The number of nitrogens with one attached hydrogen (secondary N) is 2. The highest BCUT2D eigenvalue weighted by Crippen LogP contribution is 2.25. The lowest BCUT2D eigenvalue weighted by molar-refractivity contribution is -0.304. The minimum Gasteiger partial charge on any atom is -0.390 e. The van der Waals surface area contributed by atoms with Crippen molar-refractivity contribution in [3.63, 3.8) is 0 Å². The number of nitrogens with zero attached hydrogens (tertiary/aromatic N) is 1. The largest absolute Gasteiger partial charge is 0.390 e. The predicted molar refractivity (Wildman–Crippen MR) is 322 cm³/mol. The van der Waals surface area contributed by atoms with Crippen LogP contribution >= 0.6 is 0 Å². The predicted octanol–water partition coefficient (Wildman–Crippen LogP) is 12.0. The first-order chi connectivity index (χ1) is 39.9. The average Bonchev–Trinajstić information content (AvgIpc) is 3.86. The molecule has 2 saturated heterocycles. The van der Waals surface area contributed by atoms with Gasteiger partial charge in [0.2, 0.25) is 11.8 Å². The lowest BCUT2D eigenvalue weighted by Gasteiger charge is -2.40. The van der Waals surface area contributed by atoms with Crippen molar-refractivity contribution in [2.24, 2.45) is 0 Å². The lowest BCUT2D eigenvalue weighted by Crippen LogP contribution is -2.60. The number of carbonyl (C=O) groups is 5. The lowest BCUT2D eigenvalue weighted by atomic mass is 9.98. The first-order valence-electron chi connectivity index (χ1n) is 33.8. The summed E-state index contributed by atoms with van der Waals surface area (Å²) >= 11 is 0. The Morgan fingerprint density at radius 3 is 1.44 bits per heavy atom. The molecule has 2 aliphatic heterocycles. The van der Waals surface area contributed by atoms with Gasteiger partial charge in [-0.25, -0.2) is 4.79 Å². The van der Waals surface area contributed by atoms with Crippen LogP contribution in [0.4, 0.5) is 0 Å². The molecule has 2 fully saturated rings. The molecule has 0 radical (unpaired) electrons. The summed E-state index contributed by atoms with van der Waals surface area (Å²) in [5.74, 6) is -2.33. The number of hydrogen-bond acceptors (Lipinski definition) is 14. The van der Waals surface area contributed by atoms with E-state index in [1.807, 2.05) is 0 Å². The second kappa shape index (κ2) is 51.5. The highest BCUT2D eigenvalue weighted by molar-refractivity contribution is 6.01. The molecular weight excluding hydrogens is 1050 g/mol. The van der Waals surface area contributed by atoms with Crippen molar-refractivity contribution in [3.05, 3.63) is 0 Å². The number of aliphatic hydroxyl groups excluding tert-OH is 5. The van der Waals surface area contributed by atoms with Crippen LogP contribution in [0.5, 0.6) is 0 Å². The van der Waals surface area contributed by atoms with E-state index in [0.717, 1.165) is 57.8 Å². The van der Waals surface area contributed by atoms with Crippen LogP contribution in [0, 0.1) is 0 Å². The zero-order chi connectivity index (χ0) is 59.7. The molecule has 4 amide bonds. The summed E-state index contributed by atoms with van der Waals surface area (Å²) in [4.78, 5) is 65.5. The van der Waals surface area contributed by atoms with E-state index in [0.29, 0.717) is 43.9 Å². The highest BCUT2D eigenvalue weighted by atomic mass is 16.7. The topological polar surface area (TPSA) is 251 Å². The zero-order valence-corrected chi connectivity index (χ0v) is 51.8. The molecule has 0 aromatic rings. The molecule has 7 N–H and O–H groups in total. The minimum atomic E-state index is -1.63. The Hall–Kier alpha value is -2.77. The van der Waals surface area contributed by atoms with Gasteiger partial charge in [0, 0.05) is 45.3 Å². The number of unbranched alkanes of at least 4 members (excludes halogenated alkanes) is 36. The third-order valence-corrected chi connectivity index (χ3v) is 16.4. The summed E-state index contributed by atoms with van der Waals surface area (Å²) in [6, 6.07) is -1.02. The summed E-state index contributed by atoms with van der Waals surface area (Å²) in [7, 11) is 0. The second-order valence-electron chi connectivity index (χ2n) is 24.0. The molecule has 0 saturated carbocycles. The van der Waals surface area contributed by atoms with Crippen LogP contribution in [0.3, 0.4) is 0 Å². The number of amides is 4. The fourth-order valence-corrected chi connectivity index (χ4v) is 11.0. The number of ether oxygens (including phenoxy) is 3. The van der Waals surface area contributed by atoms with Crippen LogP contribution in [-0.2, 0) is 43.0 Å². The fourth-order valence-electron chi connectivity index (χ4n) is 11.0. The average molecular weight is 1170 g/mol. The normalized spacial score (nSPS) is 19.4. The van der Waals surface area contributed by atoms with Crippen molar-refractivity contribution >= 4 is 29.6 Å². The van der Waals surface area contributed by atoms with Gasteiger partial charge in [-0.1, -0.05) is 245 Å². The number of hydroxylamine groups is 2. The van der Waals surface area contributed by atoms with Crippen molar-refractivity contribution in [3.8, 4) is 0 Å². The molecule has 0 aromatic heterocycles. The van der Waals surface area contributed by atoms with E-state index in [1.165, 1.54) is 173 Å². The van der Waals surface area contributed by atoms with Gasteiger partial charge >= 0.3 is 5.97 Å². The standard InChI is InChI=1S/C65H121N3O14/c1-3-5-7-9-11-13-15-17-18-19-20-21-22-23-24-25-26-27-29-31-33-35-39-44-57(71)67-53(61(75)54(69)43-38-34-32-30-28-16-14-12-10-8-6-4-2)51-80-65-64(78)63(77)62(76)55(81-65)52-79-50-41-37-36-40-49-66-56(70)45-42-46-60(74)82-68-58(72)47-48-59(68)73/h53-55,61-65,69,75-78H,3-52H2,1-2H3,(H,66,70)(H,67,71)/t53-,54+,55?,61-,62-,63-,64?,65-/m0/s1. The summed E-state index contributed by atoms with van der Waals surface area (Å²) in [6.07, 6.45) is 38.0. The molecule has 2 aliphatic rings. The van der Waals surface area contributed by atoms with Gasteiger partial charge in [0.05, 0.1) is 25.4 Å². The van der Waals surface area contributed by atoms with Gasteiger partial charge in [-0.2, -0.15) is 0 Å². The van der Waals surface area contributed by atoms with Crippen LogP contribution < -0.4 is 10.6 Å². The van der Waals surface area contributed by atoms with Crippen LogP contribution in [0.1, 0.15) is 309 Å². The Bertz CT molecular complexity index is 1580. The molecule has 0 spiro atoms. The van der Waals surface area contributed by atoms with Gasteiger partial charge in [-0.15, -0.1) is 5.06 Å². The molecular formula is C65H121N3O14. The van der Waals surface area contributed by atoms with Crippen molar-refractivity contribution in [1.82, 2.24) is 15.7 Å². The molecule has 2 rings (SSSR count). The van der Waals surface area contributed by atoms with Gasteiger partial charge in [0.1, 0.15) is 30.5 Å². The quantitative estimate of drug-likeness (QED) is 0.0221. The van der Waals surface area contributed by atoms with E-state index in [-0.39, 0.29) is 63.6 Å². The number of aliphatic hydroxyl groups is 5. The van der Waals surface area contributed by atoms with Gasteiger partial charge in [0.15, 0.2) is 6.29 Å². The smallest absolute Gasteiger partial charge is 0.333 e. The van der Waals surface area contributed by atoms with Crippen molar-refractivity contribution in [2.75, 3.05) is 26.4 Å². The van der Waals surface area contributed by atoms with E-state index in [4.69, 9.17) is 19.0 Å². The number of rotatable bonds is 57. The van der Waals surface area contributed by atoms with Crippen LogP contribution in [0.15, 0.2) is 0 Å². The van der Waals surface area contributed by atoms with Crippen molar-refractivity contribution < 1.29 is 68.6 Å². The first-order valence-corrected chi connectivity index (χ1v) is 33.8. The first kappa shape index (κ1) is 75.3. The van der Waals surface area contributed by atoms with E-state index in [2.05, 4.69) is 24.5 Å². The van der Waals surface area contributed by atoms with Gasteiger partial charge < -0.3 is 55.2 Å². The van der Waals surface area contributed by atoms with E-state index < -0.39 is 66.7 Å². The van der Waals surface area contributed by atoms with Crippen LogP contribution in [0.25, 0.3) is 0 Å². The summed E-state index contributed by atoms with van der Waals surface area (Å²) < 4.78 is 17.7. The van der Waals surface area contributed by atoms with E-state index in [1.54, 1.807) is 0 Å². The summed E-state index contributed by atoms with van der Waals surface area (Å²) in [6.45, 7) is 4.87. The maximum Gasteiger partial charge on any atom is 0.333 e. The molecule has 0 bridgehead atoms. The minimum absolute atomic E-state index is 0.0139. The fraction of sp³-hybridized carbons (Fsp3) is 0.923. The molecule has 8 atom stereocenters. The van der Waals surface area contributed by atoms with Crippen LogP contribution in [-0.4, -0.2) is 136 Å². The SMILES string of the molecule is CCCCCCCCCCCCCCCCCCCCCCCCCC(=O)N[C@@H](CO[C@H]1OC(COCCCCCCNC(=O)CCCC(=O)ON2C(=O)CCC2=O)[C@H](O)[C@H](O)C1O)[C@H](O)[C@H](O)CCCCCCCCCCCCCC. The van der Waals surface area contributed by atoms with E-state index in [9.17, 15) is 49.5 Å². The number of carbonyl (C=O) groups excluding carboxylic acids is 5. The maximum absolute atomic E-state index is 13.3. The third kappa shape index (κ3) is 38.3. The monoisotopic (exact) mass is 1170 g/mol. The molecule has 2 heterocycles. The Kier molecular flexibility index (Phi) is 47.3. The van der Waals surface area contributed by atoms with Crippen molar-refractivity contribution in [2.45, 2.75) is 358 Å². The Morgan fingerprint density at radius 1 is 0.524 bits per heavy atom. The Labute approximate surface area is 496 Å². The molecule has 17 nitrogen and oxygen atoms in total. The Balaban J connectivity index is 1.69. The van der Waals surface area contributed by atoms with Gasteiger partial charge in [0.25, 0.3) is 11.8 Å². The van der Waals surface area contributed by atoms with Gasteiger partial charge in [-0.05, 0) is 32.1 Å². The molecule has 0 aliphatic carbocycles. The van der Waals surface area contributed by atoms with Crippen LogP contribution in [0.2, 0.25) is 0 Å². The number of imide groups is 1. The van der Waals surface area contributed by atoms with E-state index >= 15 is 0 Å². The van der Waals surface area contributed by atoms with Gasteiger partial charge in [-0.3, -0.25) is 19.2 Å². The van der Waals surface area contributed by atoms with Crippen molar-refractivity contribution in [1.29, 1.82) is 0 Å². The maximum atomic E-state index is 13.3. The molecule has 17 heteroatoms. The molecule has 0 aromatic carbocycles. The molecule has 82 heavy (non-hydrogen) atoms. The zero-order valence-electron chi connectivity index (χ0n) is 51.8. The number of hydrogen-bond donors (Lipinski definition) is 7. The third-order valence-electron chi connectivity index (χ3n) is 16.4.